The Morgan fingerprint density at radius 1 is 0.750 bits per heavy atom. The first kappa shape index (κ1) is 41.2. The van der Waals surface area contributed by atoms with Crippen molar-refractivity contribution in [1.82, 2.24) is 0 Å². The van der Waals surface area contributed by atoms with Crippen LogP contribution in [0.1, 0.15) is 6.42 Å². The lowest BCUT2D eigenvalue weighted by Crippen LogP contribution is -2.60. The van der Waals surface area contributed by atoms with Crippen LogP contribution in [0, 0.1) is 23.7 Å². The number of hydrogen-bond donors (Lipinski definition) is 9. The summed E-state index contributed by atoms with van der Waals surface area (Å²) in [6.07, 6.45) is -13.4. The molecule has 2 saturated heterocycles. The van der Waals surface area contributed by atoms with Gasteiger partial charge in [0.2, 0.25) is 12.6 Å². The second-order valence-corrected chi connectivity index (χ2v) is 12.4. The Bertz CT molecular complexity index is 1390. The van der Waals surface area contributed by atoms with Gasteiger partial charge in [-0.05, 0) is 12.0 Å². The van der Waals surface area contributed by atoms with Gasteiger partial charge in [-0.25, -0.2) is 9.59 Å². The van der Waals surface area contributed by atoms with Crippen molar-refractivity contribution in [2.75, 3.05) is 20.3 Å². The standard InChI is InChI=1S/C33H44O19/c1-4-14-16(17(29(45)46-3)11-47-30(14)51-32-26(41)24(39)22(37)19(9-35)49-32)7-6-13(8-34)21-15(5-2)31(48-12-18(21)28(43)44)52-33-27(42)25(40)23(38)20(10-36)50-33/h4-6,8,11-12,14-16,19-27,30-33,35-42H,1-2,7,9-10H2,3H3,(H,43,44)/b13-6-/t14-,15+,16+,19-,20-,21-,22-,23-,24+,25+,26-,27-,30+,31-,32+,33+/m1/s1. The second-order valence-electron chi connectivity index (χ2n) is 12.4. The van der Waals surface area contributed by atoms with Gasteiger partial charge >= 0.3 is 11.9 Å². The van der Waals surface area contributed by atoms with Gasteiger partial charge in [0.05, 0.1) is 49.9 Å². The smallest absolute Gasteiger partial charge is 0.337 e. The van der Waals surface area contributed by atoms with Gasteiger partial charge in [-0.1, -0.05) is 18.2 Å². The van der Waals surface area contributed by atoms with E-state index in [1.165, 1.54) is 18.2 Å². The van der Waals surface area contributed by atoms with Gasteiger partial charge in [0.1, 0.15) is 55.1 Å². The zero-order valence-electron chi connectivity index (χ0n) is 27.8. The van der Waals surface area contributed by atoms with E-state index in [0.717, 1.165) is 19.6 Å². The van der Waals surface area contributed by atoms with Gasteiger partial charge in [-0.2, -0.15) is 0 Å². The third kappa shape index (κ3) is 8.30. The molecule has 4 rings (SSSR count). The van der Waals surface area contributed by atoms with Crippen LogP contribution in [0.25, 0.3) is 0 Å². The molecule has 0 spiro atoms. The molecule has 4 heterocycles. The van der Waals surface area contributed by atoms with E-state index in [1.54, 1.807) is 0 Å². The molecular weight excluding hydrogens is 700 g/mol. The van der Waals surface area contributed by atoms with E-state index in [9.17, 15) is 60.3 Å². The molecule has 0 amide bonds. The third-order valence-corrected chi connectivity index (χ3v) is 9.42. The molecule has 19 heteroatoms. The lowest BCUT2D eigenvalue weighted by molar-refractivity contribution is -0.339. The van der Waals surface area contributed by atoms with Crippen LogP contribution in [0.2, 0.25) is 0 Å². The van der Waals surface area contributed by atoms with Crippen molar-refractivity contribution in [1.29, 1.82) is 0 Å². The molecule has 2 fully saturated rings. The number of hydrogen-bond acceptors (Lipinski definition) is 18. The fourth-order valence-electron chi connectivity index (χ4n) is 6.47. The molecule has 0 bridgehead atoms. The minimum Gasteiger partial charge on any atom is -0.478 e. The number of allylic oxidation sites excluding steroid dienone is 2. The number of aliphatic hydroxyl groups is 8. The average Bonchev–Trinajstić information content (AvgIpc) is 3.14. The van der Waals surface area contributed by atoms with Gasteiger partial charge in [0.25, 0.3) is 0 Å². The van der Waals surface area contributed by atoms with E-state index in [4.69, 9.17) is 33.2 Å². The maximum atomic E-state index is 12.8. The van der Waals surface area contributed by atoms with Gasteiger partial charge in [-0.3, -0.25) is 4.79 Å². The van der Waals surface area contributed by atoms with Crippen molar-refractivity contribution in [3.63, 3.8) is 0 Å². The molecule has 0 unspecified atom stereocenters. The number of carboxylic acid groups (broad SMARTS) is 1. The van der Waals surface area contributed by atoms with E-state index in [1.807, 2.05) is 0 Å². The van der Waals surface area contributed by atoms with E-state index < -0.39 is 128 Å². The molecule has 52 heavy (non-hydrogen) atoms. The number of aldehydes is 1. The molecule has 0 aromatic rings. The van der Waals surface area contributed by atoms with Crippen molar-refractivity contribution in [2.45, 2.75) is 80.4 Å². The first-order valence-electron chi connectivity index (χ1n) is 16.1. The van der Waals surface area contributed by atoms with Crippen molar-refractivity contribution < 1.29 is 93.5 Å². The molecule has 0 aliphatic carbocycles. The van der Waals surface area contributed by atoms with Crippen LogP contribution in [0.5, 0.6) is 0 Å². The first-order chi connectivity index (χ1) is 24.8. The number of esters is 1. The summed E-state index contributed by atoms with van der Waals surface area (Å²) in [6, 6.07) is 0. The van der Waals surface area contributed by atoms with E-state index in [-0.39, 0.29) is 17.6 Å². The largest absolute Gasteiger partial charge is 0.478 e. The minimum atomic E-state index is -1.83. The molecule has 4 aliphatic heterocycles. The van der Waals surface area contributed by atoms with Crippen LogP contribution in [0.15, 0.2) is 60.6 Å². The van der Waals surface area contributed by atoms with E-state index >= 15 is 0 Å². The molecular formula is C33H44O19. The highest BCUT2D eigenvalue weighted by atomic mass is 16.8. The molecule has 0 aromatic carbocycles. The lowest BCUT2D eigenvalue weighted by atomic mass is 9.76. The number of carbonyl (C=O) groups is 3. The van der Waals surface area contributed by atoms with Crippen LogP contribution < -0.4 is 0 Å². The highest BCUT2D eigenvalue weighted by molar-refractivity contribution is 5.91. The number of ether oxygens (including phenoxy) is 7. The summed E-state index contributed by atoms with van der Waals surface area (Å²) < 4.78 is 38.4. The van der Waals surface area contributed by atoms with Crippen LogP contribution >= 0.6 is 0 Å². The monoisotopic (exact) mass is 744 g/mol. The number of aliphatic carboxylic acids is 1. The van der Waals surface area contributed by atoms with Crippen LogP contribution in [0.4, 0.5) is 0 Å². The first-order valence-corrected chi connectivity index (χ1v) is 16.1. The van der Waals surface area contributed by atoms with Crippen molar-refractivity contribution in [3.05, 3.63) is 60.6 Å². The fourth-order valence-corrected chi connectivity index (χ4v) is 6.47. The van der Waals surface area contributed by atoms with Gasteiger partial charge in [-0.15, -0.1) is 13.2 Å². The summed E-state index contributed by atoms with van der Waals surface area (Å²) in [5, 5.41) is 90.9. The van der Waals surface area contributed by atoms with Crippen molar-refractivity contribution in [3.8, 4) is 0 Å². The highest BCUT2D eigenvalue weighted by Crippen LogP contribution is 2.41. The predicted octanol–water partition coefficient (Wildman–Crippen LogP) is -3.29. The van der Waals surface area contributed by atoms with Crippen LogP contribution in [0.3, 0.4) is 0 Å². The number of carboxylic acids is 1. The molecule has 0 radical (unpaired) electrons. The Morgan fingerprint density at radius 3 is 1.65 bits per heavy atom. The molecule has 16 atom stereocenters. The zero-order valence-corrected chi connectivity index (χ0v) is 27.8. The highest BCUT2D eigenvalue weighted by Gasteiger charge is 2.50. The second kappa shape index (κ2) is 18.0. The molecule has 0 saturated carbocycles. The Labute approximate surface area is 296 Å². The zero-order chi connectivity index (χ0) is 38.4. The summed E-state index contributed by atoms with van der Waals surface area (Å²) in [7, 11) is 1.11. The van der Waals surface area contributed by atoms with E-state index in [2.05, 4.69) is 13.2 Å². The number of methoxy groups -OCH3 is 1. The number of rotatable bonds is 14. The summed E-state index contributed by atoms with van der Waals surface area (Å²) in [6.45, 7) is 6.04. The molecule has 9 N–H and O–H groups in total. The molecule has 4 aliphatic rings. The normalized spacial score (nSPS) is 41.0. The Morgan fingerprint density at radius 2 is 1.23 bits per heavy atom. The molecule has 290 valence electrons. The van der Waals surface area contributed by atoms with Crippen LogP contribution in [-0.2, 0) is 47.5 Å². The van der Waals surface area contributed by atoms with Gasteiger partial charge < -0.3 is 79.1 Å². The third-order valence-electron chi connectivity index (χ3n) is 9.42. The summed E-state index contributed by atoms with van der Waals surface area (Å²) in [5.74, 6) is -6.69. The molecule has 0 aromatic heterocycles. The van der Waals surface area contributed by atoms with E-state index in [0.29, 0.717) is 6.29 Å². The summed E-state index contributed by atoms with van der Waals surface area (Å²) in [4.78, 5) is 37.9. The SMILES string of the molecule is C=C[C@@H]1[C@@H](O[C@@H]2O[C@H](CO)[C@@H](O)[C@H](O)[C@H]2O)OC=C(C(=O)O)[C@@H]1/C(C=O)=C\C[C@@H]1C(C(=O)OC)=CO[C@@H](O[C@@H]2O[C@H](CO)[C@@H](O)[C@H](O)[C@H]2O)[C@@H]1C=C. The summed E-state index contributed by atoms with van der Waals surface area (Å²) >= 11 is 0. The average molecular weight is 745 g/mol. The topological polar surface area (TPSA) is 298 Å². The maximum absolute atomic E-state index is 12.8. The predicted molar refractivity (Wildman–Crippen MR) is 168 cm³/mol. The fraction of sp³-hybridized carbons (Fsp3) is 0.606. The lowest BCUT2D eigenvalue weighted by Gasteiger charge is -2.43. The number of aliphatic hydroxyl groups excluding tert-OH is 8. The van der Waals surface area contributed by atoms with Crippen LogP contribution in [-0.4, -0.2) is 158 Å². The number of carbonyl (C=O) groups excluding carboxylic acids is 2. The Hall–Kier alpha value is -3.57. The quantitative estimate of drug-likeness (QED) is 0.0364. The van der Waals surface area contributed by atoms with Gasteiger partial charge in [0.15, 0.2) is 12.6 Å². The van der Waals surface area contributed by atoms with Crippen molar-refractivity contribution >= 4 is 18.2 Å². The summed E-state index contributed by atoms with van der Waals surface area (Å²) in [5.41, 5.74) is -0.599. The van der Waals surface area contributed by atoms with Gasteiger partial charge in [0, 0.05) is 17.8 Å². The van der Waals surface area contributed by atoms with Crippen molar-refractivity contribution in [2.24, 2.45) is 23.7 Å². The Kier molecular flexibility index (Phi) is 14.2. The minimum absolute atomic E-state index is 0.0485. The maximum Gasteiger partial charge on any atom is 0.337 e. The molecule has 19 nitrogen and oxygen atoms in total. The Balaban J connectivity index is 1.64.